The molecule has 1 fully saturated rings. The molecule has 1 aliphatic heterocycles. The van der Waals surface area contributed by atoms with Crippen molar-refractivity contribution in [1.82, 2.24) is 10.2 Å². The van der Waals surface area contributed by atoms with Gasteiger partial charge in [0.25, 0.3) is 0 Å². The molecular formula is C15H22N2O2. The van der Waals surface area contributed by atoms with Crippen LogP contribution in [0.3, 0.4) is 0 Å². The van der Waals surface area contributed by atoms with Gasteiger partial charge in [-0.05, 0) is 31.0 Å². The summed E-state index contributed by atoms with van der Waals surface area (Å²) in [6, 6.07) is 8.31. The standard InChI is InChI=1S/C15H22N2O2/c1-12-11-17(9-8-16-12)15(18)7-6-13-4-3-5-14(10-13)19-2/h3-5,10,12,16H,6-9,11H2,1-2H3/t12-/m0/s1. The van der Waals surface area contributed by atoms with Gasteiger partial charge in [0.15, 0.2) is 0 Å². The van der Waals surface area contributed by atoms with E-state index in [1.807, 2.05) is 29.2 Å². The smallest absolute Gasteiger partial charge is 0.222 e. The average molecular weight is 262 g/mol. The third kappa shape index (κ3) is 3.96. The Bertz CT molecular complexity index is 434. The van der Waals surface area contributed by atoms with Crippen LogP contribution in [0.4, 0.5) is 0 Å². The van der Waals surface area contributed by atoms with Crippen molar-refractivity contribution < 1.29 is 9.53 Å². The van der Waals surface area contributed by atoms with Gasteiger partial charge in [-0.15, -0.1) is 0 Å². The number of rotatable bonds is 4. The molecule has 1 N–H and O–H groups in total. The van der Waals surface area contributed by atoms with Crippen LogP contribution in [0.1, 0.15) is 18.9 Å². The molecule has 0 saturated carbocycles. The van der Waals surface area contributed by atoms with Crippen LogP contribution < -0.4 is 10.1 Å². The van der Waals surface area contributed by atoms with Crippen molar-refractivity contribution in [3.63, 3.8) is 0 Å². The number of carbonyl (C=O) groups excluding carboxylic acids is 1. The first kappa shape index (κ1) is 13.9. The Morgan fingerprint density at radius 2 is 2.37 bits per heavy atom. The zero-order chi connectivity index (χ0) is 13.7. The molecule has 1 aromatic carbocycles. The lowest BCUT2D eigenvalue weighted by atomic mass is 10.1. The number of ether oxygens (including phenoxy) is 1. The van der Waals surface area contributed by atoms with Crippen LogP contribution in [-0.2, 0) is 11.2 Å². The number of nitrogens with one attached hydrogen (secondary N) is 1. The summed E-state index contributed by atoms with van der Waals surface area (Å²) in [6.45, 7) is 4.64. The number of amides is 1. The second kappa shape index (κ2) is 6.57. The number of hydrogen-bond acceptors (Lipinski definition) is 3. The first-order valence-electron chi connectivity index (χ1n) is 6.83. The summed E-state index contributed by atoms with van der Waals surface area (Å²) in [6.07, 6.45) is 1.34. The lowest BCUT2D eigenvalue weighted by Gasteiger charge is -2.32. The number of carbonyl (C=O) groups is 1. The normalized spacial score (nSPS) is 19.3. The molecule has 0 bridgehead atoms. The molecule has 1 amide bonds. The minimum Gasteiger partial charge on any atom is -0.497 e. The molecule has 1 atom stereocenters. The van der Waals surface area contributed by atoms with E-state index in [0.717, 1.165) is 37.4 Å². The van der Waals surface area contributed by atoms with E-state index in [0.29, 0.717) is 12.5 Å². The van der Waals surface area contributed by atoms with E-state index in [1.54, 1.807) is 7.11 Å². The maximum Gasteiger partial charge on any atom is 0.222 e. The molecule has 0 radical (unpaired) electrons. The Balaban J connectivity index is 1.85. The lowest BCUT2D eigenvalue weighted by Crippen LogP contribution is -2.51. The van der Waals surface area contributed by atoms with Crippen LogP contribution in [0.5, 0.6) is 5.75 Å². The molecule has 19 heavy (non-hydrogen) atoms. The van der Waals surface area contributed by atoms with E-state index in [2.05, 4.69) is 12.2 Å². The van der Waals surface area contributed by atoms with Crippen molar-refractivity contribution in [2.45, 2.75) is 25.8 Å². The molecule has 104 valence electrons. The fraction of sp³-hybridized carbons (Fsp3) is 0.533. The summed E-state index contributed by atoms with van der Waals surface area (Å²) in [5, 5.41) is 3.35. The van der Waals surface area contributed by atoms with Gasteiger partial charge in [0.2, 0.25) is 5.91 Å². The first-order valence-corrected chi connectivity index (χ1v) is 6.83. The fourth-order valence-electron chi connectivity index (χ4n) is 2.40. The monoisotopic (exact) mass is 262 g/mol. The van der Waals surface area contributed by atoms with Crippen LogP contribution in [-0.4, -0.2) is 43.6 Å². The molecule has 0 aromatic heterocycles. The average Bonchev–Trinajstić information content (AvgIpc) is 2.45. The molecule has 1 heterocycles. The molecule has 0 aliphatic carbocycles. The second-order valence-corrected chi connectivity index (χ2v) is 5.05. The number of aryl methyl sites for hydroxylation is 1. The SMILES string of the molecule is COc1cccc(CCC(=O)N2CCN[C@@H](C)C2)c1. The Kier molecular flexibility index (Phi) is 4.80. The van der Waals surface area contributed by atoms with Crippen molar-refractivity contribution in [1.29, 1.82) is 0 Å². The zero-order valence-corrected chi connectivity index (χ0v) is 11.7. The number of benzene rings is 1. The third-order valence-corrected chi connectivity index (χ3v) is 3.48. The quantitative estimate of drug-likeness (QED) is 0.893. The van der Waals surface area contributed by atoms with Crippen molar-refractivity contribution in [2.75, 3.05) is 26.7 Å². The highest BCUT2D eigenvalue weighted by Crippen LogP contribution is 2.14. The van der Waals surface area contributed by atoms with Crippen molar-refractivity contribution in [3.8, 4) is 5.75 Å². The summed E-state index contributed by atoms with van der Waals surface area (Å²) in [5.74, 6) is 1.09. The Labute approximate surface area is 114 Å². The summed E-state index contributed by atoms with van der Waals surface area (Å²) >= 11 is 0. The molecule has 1 aliphatic rings. The Morgan fingerprint density at radius 1 is 1.53 bits per heavy atom. The molecule has 4 nitrogen and oxygen atoms in total. The lowest BCUT2D eigenvalue weighted by molar-refractivity contribution is -0.132. The van der Waals surface area contributed by atoms with Crippen LogP contribution in [0.25, 0.3) is 0 Å². The van der Waals surface area contributed by atoms with Crippen molar-refractivity contribution in [3.05, 3.63) is 29.8 Å². The summed E-state index contributed by atoms with van der Waals surface area (Å²) < 4.78 is 5.19. The molecule has 2 rings (SSSR count). The van der Waals surface area contributed by atoms with E-state index in [9.17, 15) is 4.79 Å². The van der Waals surface area contributed by atoms with Gasteiger partial charge in [-0.25, -0.2) is 0 Å². The Morgan fingerprint density at radius 3 is 3.11 bits per heavy atom. The zero-order valence-electron chi connectivity index (χ0n) is 11.7. The molecular weight excluding hydrogens is 240 g/mol. The van der Waals surface area contributed by atoms with Gasteiger partial charge >= 0.3 is 0 Å². The maximum absolute atomic E-state index is 12.1. The first-order chi connectivity index (χ1) is 9.19. The topological polar surface area (TPSA) is 41.6 Å². The number of piperazine rings is 1. The van der Waals surface area contributed by atoms with E-state index in [1.165, 1.54) is 0 Å². The fourth-order valence-corrected chi connectivity index (χ4v) is 2.40. The highest BCUT2D eigenvalue weighted by Gasteiger charge is 2.19. The van der Waals surface area contributed by atoms with Gasteiger partial charge in [-0.1, -0.05) is 12.1 Å². The van der Waals surface area contributed by atoms with Crippen LogP contribution in [0.15, 0.2) is 24.3 Å². The van der Waals surface area contributed by atoms with Gasteiger partial charge in [0.05, 0.1) is 7.11 Å². The van der Waals surface area contributed by atoms with Gasteiger partial charge in [0, 0.05) is 32.1 Å². The maximum atomic E-state index is 12.1. The molecule has 4 heteroatoms. The Hall–Kier alpha value is -1.55. The molecule has 1 saturated heterocycles. The van der Waals surface area contributed by atoms with Crippen LogP contribution in [0, 0.1) is 0 Å². The summed E-state index contributed by atoms with van der Waals surface area (Å²) in [4.78, 5) is 14.1. The molecule has 1 aromatic rings. The highest BCUT2D eigenvalue weighted by molar-refractivity contribution is 5.76. The number of nitrogens with zero attached hydrogens (tertiary/aromatic N) is 1. The largest absolute Gasteiger partial charge is 0.497 e. The van der Waals surface area contributed by atoms with Crippen LogP contribution in [0.2, 0.25) is 0 Å². The van der Waals surface area contributed by atoms with E-state index >= 15 is 0 Å². The summed E-state index contributed by atoms with van der Waals surface area (Å²) in [7, 11) is 1.66. The molecule has 0 unspecified atom stereocenters. The summed E-state index contributed by atoms with van der Waals surface area (Å²) in [5.41, 5.74) is 1.15. The van der Waals surface area contributed by atoms with Gasteiger partial charge in [0.1, 0.15) is 5.75 Å². The third-order valence-electron chi connectivity index (χ3n) is 3.48. The number of hydrogen-bond donors (Lipinski definition) is 1. The molecule has 0 spiro atoms. The van der Waals surface area contributed by atoms with Crippen molar-refractivity contribution >= 4 is 5.91 Å². The minimum atomic E-state index is 0.246. The van der Waals surface area contributed by atoms with Gasteiger partial charge in [-0.2, -0.15) is 0 Å². The van der Waals surface area contributed by atoms with Gasteiger partial charge in [-0.3, -0.25) is 4.79 Å². The van der Waals surface area contributed by atoms with Crippen molar-refractivity contribution in [2.24, 2.45) is 0 Å². The van der Waals surface area contributed by atoms with E-state index in [-0.39, 0.29) is 5.91 Å². The van der Waals surface area contributed by atoms with E-state index in [4.69, 9.17) is 4.74 Å². The predicted molar refractivity (Wildman–Crippen MR) is 75.4 cm³/mol. The minimum absolute atomic E-state index is 0.246. The highest BCUT2D eigenvalue weighted by atomic mass is 16.5. The second-order valence-electron chi connectivity index (χ2n) is 5.05. The van der Waals surface area contributed by atoms with Gasteiger partial charge < -0.3 is 15.0 Å². The van der Waals surface area contributed by atoms with Crippen LogP contribution >= 0.6 is 0 Å². The number of methoxy groups -OCH3 is 1. The van der Waals surface area contributed by atoms with E-state index < -0.39 is 0 Å². The predicted octanol–water partition coefficient (Wildman–Crippen LogP) is 1.45.